The molecule has 4 bridgehead atoms. The van der Waals surface area contributed by atoms with E-state index in [0.29, 0.717) is 25.7 Å². The molecule has 4 aliphatic carbocycles. The van der Waals surface area contributed by atoms with Gasteiger partial charge < -0.3 is 25.4 Å². The van der Waals surface area contributed by atoms with Gasteiger partial charge in [-0.1, -0.05) is 12.1 Å². The van der Waals surface area contributed by atoms with Gasteiger partial charge in [-0.2, -0.15) is 0 Å². The lowest BCUT2D eigenvalue weighted by Crippen LogP contribution is -2.49. The number of para-hydroxylation sites is 2. The van der Waals surface area contributed by atoms with E-state index in [4.69, 9.17) is 9.47 Å². The molecule has 1 aromatic carbocycles. The first kappa shape index (κ1) is 17.2. The molecule has 6 rings (SSSR count). The van der Waals surface area contributed by atoms with Crippen molar-refractivity contribution < 1.29 is 14.3 Å². The molecular weight excluding hydrogens is 342 g/mol. The van der Waals surface area contributed by atoms with Gasteiger partial charge in [0, 0.05) is 25.7 Å². The summed E-state index contributed by atoms with van der Waals surface area (Å²) >= 11 is 0. The maximum atomic E-state index is 12.3. The molecule has 0 aromatic heterocycles. The van der Waals surface area contributed by atoms with Crippen molar-refractivity contribution in [3.8, 4) is 11.5 Å². The van der Waals surface area contributed by atoms with Gasteiger partial charge in [0.2, 0.25) is 0 Å². The molecule has 6 nitrogen and oxygen atoms in total. The molecule has 6 heteroatoms. The minimum Gasteiger partial charge on any atom is -0.486 e. The number of carbonyl (C=O) groups is 1. The van der Waals surface area contributed by atoms with Crippen LogP contribution in [0.4, 0.5) is 4.79 Å². The van der Waals surface area contributed by atoms with Crippen molar-refractivity contribution in [1.29, 1.82) is 0 Å². The molecule has 6 atom stereocenters. The Kier molecular flexibility index (Phi) is 4.60. The van der Waals surface area contributed by atoms with Gasteiger partial charge in [-0.15, -0.1) is 0 Å². The van der Waals surface area contributed by atoms with Gasteiger partial charge in [0.05, 0.1) is 0 Å². The molecule has 1 heterocycles. The van der Waals surface area contributed by atoms with Crippen molar-refractivity contribution in [1.82, 2.24) is 16.0 Å². The van der Waals surface area contributed by atoms with Crippen molar-refractivity contribution >= 4 is 6.03 Å². The topological polar surface area (TPSA) is 71.6 Å². The summed E-state index contributed by atoms with van der Waals surface area (Å²) in [5.74, 6) is 4.89. The van der Waals surface area contributed by atoms with E-state index in [1.807, 2.05) is 24.3 Å². The van der Waals surface area contributed by atoms with Crippen molar-refractivity contribution in [3.05, 3.63) is 24.3 Å². The smallest absolute Gasteiger partial charge is 0.315 e. The zero-order valence-electron chi connectivity index (χ0n) is 15.7. The minimum absolute atomic E-state index is 0.00178. The van der Waals surface area contributed by atoms with E-state index in [2.05, 4.69) is 16.0 Å². The van der Waals surface area contributed by atoms with Crippen LogP contribution in [0.15, 0.2) is 24.3 Å². The van der Waals surface area contributed by atoms with Gasteiger partial charge in [0.15, 0.2) is 11.5 Å². The van der Waals surface area contributed by atoms with E-state index < -0.39 is 0 Å². The van der Waals surface area contributed by atoms with Crippen molar-refractivity contribution in [2.75, 3.05) is 26.2 Å². The summed E-state index contributed by atoms with van der Waals surface area (Å²) < 4.78 is 11.6. The van der Waals surface area contributed by atoms with Gasteiger partial charge in [-0.25, -0.2) is 4.79 Å². The Morgan fingerprint density at radius 3 is 2.78 bits per heavy atom. The molecule has 2 amide bonds. The number of rotatable bonds is 6. The molecule has 1 aromatic rings. The highest BCUT2D eigenvalue weighted by molar-refractivity contribution is 5.74. The monoisotopic (exact) mass is 371 g/mol. The Hall–Kier alpha value is -1.95. The Morgan fingerprint density at radius 1 is 1.04 bits per heavy atom. The second-order valence-corrected chi connectivity index (χ2v) is 8.62. The fraction of sp³-hybridized carbons (Fsp3) is 0.667. The number of hydrogen-bond donors (Lipinski definition) is 3. The Balaban J connectivity index is 0.988. The highest BCUT2D eigenvalue weighted by atomic mass is 16.6. The lowest BCUT2D eigenvalue weighted by molar-refractivity contribution is 0.0906. The van der Waals surface area contributed by atoms with E-state index in [1.165, 1.54) is 25.7 Å². The number of carbonyl (C=O) groups excluding carboxylic acids is 1. The molecule has 6 unspecified atom stereocenters. The standard InChI is InChI=1S/C21H29N3O3/c25-21(24-20-15-8-13-7-14(10-15)17(20)9-13)23-6-5-22-11-16-12-26-18-3-1-2-4-19(18)27-16/h1-4,13-17,20,22H,5-12H2,(H2,23,24,25). The molecule has 4 fully saturated rings. The molecule has 0 saturated heterocycles. The van der Waals surface area contributed by atoms with Gasteiger partial charge in [0.1, 0.15) is 12.7 Å². The lowest BCUT2D eigenvalue weighted by Gasteiger charge is -2.32. The third-order valence-electron chi connectivity index (χ3n) is 6.88. The number of urea groups is 1. The van der Waals surface area contributed by atoms with Gasteiger partial charge in [0.25, 0.3) is 0 Å². The zero-order chi connectivity index (χ0) is 18.2. The normalized spacial score (nSPS) is 35.3. The summed E-state index contributed by atoms with van der Waals surface area (Å²) in [6, 6.07) is 8.14. The fourth-order valence-electron chi connectivity index (χ4n) is 5.85. The highest BCUT2D eigenvalue weighted by Crippen LogP contribution is 2.57. The van der Waals surface area contributed by atoms with Crippen molar-refractivity contribution in [3.63, 3.8) is 0 Å². The number of amides is 2. The molecule has 3 N–H and O–H groups in total. The van der Waals surface area contributed by atoms with Crippen molar-refractivity contribution in [2.24, 2.45) is 23.7 Å². The summed E-state index contributed by atoms with van der Waals surface area (Å²) in [5, 5.41) is 9.60. The number of nitrogens with one attached hydrogen (secondary N) is 3. The number of hydrogen-bond acceptors (Lipinski definition) is 4. The predicted octanol–water partition coefficient (Wildman–Crippen LogP) is 2.15. The van der Waals surface area contributed by atoms with Crippen LogP contribution in [0.5, 0.6) is 11.5 Å². The van der Waals surface area contributed by atoms with Crippen LogP contribution < -0.4 is 25.4 Å². The molecule has 5 aliphatic rings. The largest absolute Gasteiger partial charge is 0.486 e. The van der Waals surface area contributed by atoms with Gasteiger partial charge in [-0.3, -0.25) is 0 Å². The molecule has 0 spiro atoms. The van der Waals surface area contributed by atoms with Crippen LogP contribution in [0.25, 0.3) is 0 Å². The lowest BCUT2D eigenvalue weighted by atomic mass is 9.79. The summed E-state index contributed by atoms with van der Waals surface area (Å²) in [6.07, 6.45) is 5.40. The number of benzene rings is 1. The maximum Gasteiger partial charge on any atom is 0.315 e. The van der Waals surface area contributed by atoms with Gasteiger partial charge >= 0.3 is 6.03 Å². The Morgan fingerprint density at radius 2 is 1.89 bits per heavy atom. The highest BCUT2D eigenvalue weighted by Gasteiger charge is 2.54. The molecule has 0 radical (unpaired) electrons. The molecule has 146 valence electrons. The van der Waals surface area contributed by atoms with Crippen LogP contribution in [0.3, 0.4) is 0 Å². The average Bonchev–Trinajstić information content (AvgIpc) is 3.09. The van der Waals surface area contributed by atoms with Crippen LogP contribution in [-0.2, 0) is 0 Å². The first-order valence-corrected chi connectivity index (χ1v) is 10.4. The van der Waals surface area contributed by atoms with E-state index in [0.717, 1.165) is 41.7 Å². The minimum atomic E-state index is -0.0102. The predicted molar refractivity (Wildman–Crippen MR) is 102 cm³/mol. The van der Waals surface area contributed by atoms with Crippen LogP contribution in [0.2, 0.25) is 0 Å². The van der Waals surface area contributed by atoms with Crippen molar-refractivity contribution in [2.45, 2.75) is 37.8 Å². The molecule has 1 aliphatic heterocycles. The van der Waals surface area contributed by atoms with E-state index >= 15 is 0 Å². The third-order valence-corrected chi connectivity index (χ3v) is 6.88. The molecular formula is C21H29N3O3. The van der Waals surface area contributed by atoms with Crippen LogP contribution in [0.1, 0.15) is 25.7 Å². The third kappa shape index (κ3) is 3.47. The van der Waals surface area contributed by atoms with Crippen LogP contribution in [-0.4, -0.2) is 44.4 Å². The van der Waals surface area contributed by atoms with Crippen LogP contribution in [0, 0.1) is 23.7 Å². The Bertz CT molecular complexity index is 693. The first-order valence-electron chi connectivity index (χ1n) is 10.4. The number of fused-ring (bicyclic) bond motifs is 1. The van der Waals surface area contributed by atoms with Crippen LogP contribution >= 0.6 is 0 Å². The zero-order valence-corrected chi connectivity index (χ0v) is 15.7. The second kappa shape index (κ2) is 7.23. The fourth-order valence-corrected chi connectivity index (χ4v) is 5.85. The SMILES string of the molecule is O=C(NCCNCC1COc2ccccc2O1)NC1C2CC3CC(C2)C1C3. The molecule has 4 saturated carbocycles. The second-order valence-electron chi connectivity index (χ2n) is 8.62. The summed E-state index contributed by atoms with van der Waals surface area (Å²) in [6.45, 7) is 2.58. The van der Waals surface area contributed by atoms with E-state index in [9.17, 15) is 4.79 Å². The van der Waals surface area contributed by atoms with E-state index in [1.54, 1.807) is 0 Å². The Labute approximate surface area is 160 Å². The van der Waals surface area contributed by atoms with E-state index in [-0.39, 0.29) is 12.1 Å². The summed E-state index contributed by atoms with van der Waals surface area (Å²) in [4.78, 5) is 12.3. The summed E-state index contributed by atoms with van der Waals surface area (Å²) in [5.41, 5.74) is 0. The quantitative estimate of drug-likeness (QED) is 0.670. The number of ether oxygens (including phenoxy) is 2. The molecule has 27 heavy (non-hydrogen) atoms. The summed E-state index contributed by atoms with van der Waals surface area (Å²) in [7, 11) is 0. The average molecular weight is 371 g/mol. The first-order chi connectivity index (χ1) is 13.3. The van der Waals surface area contributed by atoms with Gasteiger partial charge in [-0.05, 0) is 61.5 Å². The maximum absolute atomic E-state index is 12.3.